The van der Waals surface area contributed by atoms with Crippen molar-refractivity contribution >= 4 is 21.6 Å². The summed E-state index contributed by atoms with van der Waals surface area (Å²) in [6, 6.07) is 19.8. The molecule has 0 radical (unpaired) electrons. The number of aromatic nitrogens is 5. The Hall–Kier alpha value is -3.58. The normalized spacial score (nSPS) is 11.2. The predicted octanol–water partition coefficient (Wildman–Crippen LogP) is 4.13. The van der Waals surface area contributed by atoms with Crippen molar-refractivity contribution in [2.24, 2.45) is 0 Å². The van der Waals surface area contributed by atoms with Crippen molar-refractivity contribution in [2.75, 3.05) is 0 Å². The smallest absolute Gasteiger partial charge is 0.260 e. The van der Waals surface area contributed by atoms with Crippen LogP contribution in [0.4, 0.5) is 0 Å². The Morgan fingerprint density at radius 1 is 1.03 bits per heavy atom. The number of para-hydroxylation sites is 1. The number of hydrogen-bond donors (Lipinski definition) is 1. The zero-order valence-corrected chi connectivity index (χ0v) is 16.5. The summed E-state index contributed by atoms with van der Waals surface area (Å²) >= 11 is 1.54. The minimum Gasteiger partial charge on any atom is -0.310 e. The van der Waals surface area contributed by atoms with Crippen LogP contribution in [-0.2, 0) is 6.42 Å². The molecule has 142 valence electrons. The van der Waals surface area contributed by atoms with Crippen LogP contribution in [0.25, 0.3) is 27.0 Å². The molecule has 0 atom stereocenters. The van der Waals surface area contributed by atoms with Crippen LogP contribution < -0.4 is 5.56 Å². The summed E-state index contributed by atoms with van der Waals surface area (Å²) in [5.41, 5.74) is 2.83. The lowest BCUT2D eigenvalue weighted by Gasteiger charge is -2.06. The summed E-state index contributed by atoms with van der Waals surface area (Å²) in [5, 5.41) is 8.90. The van der Waals surface area contributed by atoms with Gasteiger partial charge in [-0.2, -0.15) is 0 Å². The van der Waals surface area contributed by atoms with Crippen LogP contribution >= 0.6 is 11.3 Å². The first kappa shape index (κ1) is 17.5. The van der Waals surface area contributed by atoms with E-state index in [0.717, 1.165) is 32.3 Å². The quantitative estimate of drug-likeness (QED) is 0.493. The molecule has 0 saturated heterocycles. The second-order valence-electron chi connectivity index (χ2n) is 6.72. The summed E-state index contributed by atoms with van der Waals surface area (Å²) in [5.74, 6) is 1.30. The lowest BCUT2D eigenvalue weighted by molar-refractivity contribution is 0.855. The molecule has 2 aromatic carbocycles. The Balaban J connectivity index is 1.58. The number of aryl methyl sites for hydroxylation is 1. The maximum atomic E-state index is 13.0. The van der Waals surface area contributed by atoms with E-state index >= 15 is 0 Å². The average molecular weight is 399 g/mol. The number of rotatable bonds is 4. The van der Waals surface area contributed by atoms with E-state index in [0.29, 0.717) is 17.6 Å². The van der Waals surface area contributed by atoms with E-state index < -0.39 is 0 Å². The van der Waals surface area contributed by atoms with Gasteiger partial charge in [0.15, 0.2) is 0 Å². The molecule has 7 heteroatoms. The Bertz CT molecular complexity index is 1350. The molecule has 3 aromatic heterocycles. The van der Waals surface area contributed by atoms with Gasteiger partial charge in [-0.1, -0.05) is 48.5 Å². The van der Waals surface area contributed by atoms with E-state index in [-0.39, 0.29) is 5.56 Å². The van der Waals surface area contributed by atoms with Gasteiger partial charge in [-0.05, 0) is 24.6 Å². The van der Waals surface area contributed by atoms with Gasteiger partial charge in [0, 0.05) is 16.1 Å². The molecule has 0 saturated carbocycles. The van der Waals surface area contributed by atoms with Crippen molar-refractivity contribution in [3.05, 3.63) is 93.9 Å². The first-order valence-corrected chi connectivity index (χ1v) is 10.0. The van der Waals surface area contributed by atoms with Gasteiger partial charge in [0.1, 0.15) is 22.8 Å². The second-order valence-corrected chi connectivity index (χ2v) is 7.92. The number of thiophene rings is 1. The molecule has 0 fully saturated rings. The molecule has 0 unspecified atom stereocenters. The molecule has 6 nitrogen and oxygen atoms in total. The number of fused-ring (bicyclic) bond motifs is 1. The summed E-state index contributed by atoms with van der Waals surface area (Å²) in [4.78, 5) is 22.5. The number of hydrogen-bond acceptors (Lipinski definition) is 5. The predicted molar refractivity (Wildman–Crippen MR) is 115 cm³/mol. The molecule has 1 N–H and O–H groups in total. The minimum absolute atomic E-state index is 0.126. The van der Waals surface area contributed by atoms with E-state index in [4.69, 9.17) is 4.98 Å². The first-order valence-electron chi connectivity index (χ1n) is 9.23. The molecule has 0 spiro atoms. The molecule has 5 aromatic rings. The van der Waals surface area contributed by atoms with Crippen LogP contribution in [0.1, 0.15) is 16.5 Å². The van der Waals surface area contributed by atoms with E-state index in [1.807, 2.05) is 72.2 Å². The van der Waals surface area contributed by atoms with Crippen LogP contribution in [0.15, 0.2) is 71.8 Å². The highest BCUT2D eigenvalue weighted by molar-refractivity contribution is 7.19. The number of aromatic amines is 1. The van der Waals surface area contributed by atoms with Crippen molar-refractivity contribution in [3.63, 3.8) is 0 Å². The highest BCUT2D eigenvalue weighted by Crippen LogP contribution is 2.35. The second kappa shape index (κ2) is 7.10. The van der Waals surface area contributed by atoms with Crippen LogP contribution in [0, 0.1) is 6.92 Å². The molecule has 3 heterocycles. The van der Waals surface area contributed by atoms with E-state index in [1.165, 1.54) is 0 Å². The lowest BCUT2D eigenvalue weighted by atomic mass is 10.0. The molecular formula is C22H17N5OS. The van der Waals surface area contributed by atoms with Crippen molar-refractivity contribution in [1.29, 1.82) is 0 Å². The maximum Gasteiger partial charge on any atom is 0.260 e. The van der Waals surface area contributed by atoms with E-state index in [1.54, 1.807) is 17.7 Å². The lowest BCUT2D eigenvalue weighted by Crippen LogP contribution is -2.13. The van der Waals surface area contributed by atoms with Crippen molar-refractivity contribution in [1.82, 2.24) is 24.7 Å². The number of benzene rings is 2. The molecular weight excluding hydrogens is 382 g/mol. The van der Waals surface area contributed by atoms with Crippen LogP contribution in [-0.4, -0.2) is 24.7 Å². The molecule has 0 bridgehead atoms. The fraction of sp³-hybridized carbons (Fsp3) is 0.0909. The summed E-state index contributed by atoms with van der Waals surface area (Å²) in [6.07, 6.45) is 2.06. The molecule has 29 heavy (non-hydrogen) atoms. The fourth-order valence-electron chi connectivity index (χ4n) is 3.53. The zero-order valence-electron chi connectivity index (χ0n) is 15.7. The van der Waals surface area contributed by atoms with Crippen LogP contribution in [0.2, 0.25) is 0 Å². The highest BCUT2D eigenvalue weighted by Gasteiger charge is 2.17. The minimum atomic E-state index is -0.126. The van der Waals surface area contributed by atoms with Gasteiger partial charge in [0.2, 0.25) is 0 Å². The zero-order chi connectivity index (χ0) is 19.8. The molecule has 0 amide bonds. The summed E-state index contributed by atoms with van der Waals surface area (Å²) in [6.45, 7) is 2.03. The third-order valence-electron chi connectivity index (χ3n) is 4.83. The third-order valence-corrected chi connectivity index (χ3v) is 5.83. The van der Waals surface area contributed by atoms with Gasteiger partial charge >= 0.3 is 0 Å². The van der Waals surface area contributed by atoms with Gasteiger partial charge in [-0.25, -0.2) is 4.98 Å². The SMILES string of the molecule is Cc1sc2nc(Cc3nncn3-c3ccccc3)[nH]c(=O)c2c1-c1ccccc1. The van der Waals surface area contributed by atoms with Gasteiger partial charge in [-0.15, -0.1) is 21.5 Å². The molecule has 0 aliphatic carbocycles. The van der Waals surface area contributed by atoms with Gasteiger partial charge in [-0.3, -0.25) is 9.36 Å². The monoisotopic (exact) mass is 399 g/mol. The number of nitrogens with one attached hydrogen (secondary N) is 1. The summed E-state index contributed by atoms with van der Waals surface area (Å²) < 4.78 is 1.90. The first-order chi connectivity index (χ1) is 14.2. The standard InChI is InChI=1S/C22H17N5OS/c1-14-19(15-8-4-2-5-9-15)20-21(28)24-17(25-22(20)29-14)12-18-26-23-13-27(18)16-10-6-3-7-11-16/h2-11,13H,12H2,1H3,(H,24,25,28). The highest BCUT2D eigenvalue weighted by atomic mass is 32.1. The van der Waals surface area contributed by atoms with Crippen LogP contribution in [0.3, 0.4) is 0 Å². The fourth-order valence-corrected chi connectivity index (χ4v) is 4.60. The van der Waals surface area contributed by atoms with Crippen LogP contribution in [0.5, 0.6) is 0 Å². The number of H-pyrrole nitrogens is 1. The third kappa shape index (κ3) is 3.15. The van der Waals surface area contributed by atoms with Gasteiger partial charge in [0.25, 0.3) is 5.56 Å². The van der Waals surface area contributed by atoms with Crippen molar-refractivity contribution in [2.45, 2.75) is 13.3 Å². The van der Waals surface area contributed by atoms with E-state index in [2.05, 4.69) is 15.2 Å². The van der Waals surface area contributed by atoms with Crippen molar-refractivity contribution in [3.8, 4) is 16.8 Å². The number of nitrogens with zero attached hydrogens (tertiary/aromatic N) is 4. The molecule has 5 rings (SSSR count). The largest absolute Gasteiger partial charge is 0.310 e. The topological polar surface area (TPSA) is 76.5 Å². The average Bonchev–Trinajstić information content (AvgIpc) is 3.33. The Labute approximate surface area is 170 Å². The Morgan fingerprint density at radius 3 is 2.52 bits per heavy atom. The Kier molecular flexibility index (Phi) is 4.29. The van der Waals surface area contributed by atoms with Gasteiger partial charge in [0.05, 0.1) is 11.8 Å². The van der Waals surface area contributed by atoms with Crippen molar-refractivity contribution < 1.29 is 0 Å². The maximum absolute atomic E-state index is 13.0. The molecule has 0 aliphatic heterocycles. The summed E-state index contributed by atoms with van der Waals surface area (Å²) in [7, 11) is 0. The van der Waals surface area contributed by atoms with Gasteiger partial charge < -0.3 is 4.98 Å². The Morgan fingerprint density at radius 2 is 1.76 bits per heavy atom. The van der Waals surface area contributed by atoms with E-state index in [9.17, 15) is 4.79 Å². The molecule has 0 aliphatic rings.